The minimum Gasteiger partial charge on any atom is -0.261 e. The lowest BCUT2D eigenvalue weighted by Gasteiger charge is -2.01. The Hall–Kier alpha value is -0.850. The second-order valence-corrected chi connectivity index (χ2v) is 3.17. The molecule has 0 atom stereocenters. The fourth-order valence-electron chi connectivity index (χ4n) is 1.71. The van der Waals surface area contributed by atoms with E-state index in [1.54, 1.807) is 0 Å². The molecule has 1 aromatic heterocycles. The number of aryl methyl sites for hydroxylation is 2. The topological polar surface area (TPSA) is 12.9 Å². The molecule has 1 nitrogen and oxygen atoms in total. The first kappa shape index (κ1) is 10.2. The number of pyridine rings is 1. The van der Waals surface area contributed by atoms with Gasteiger partial charge >= 0.3 is 0 Å². The van der Waals surface area contributed by atoms with Crippen molar-refractivity contribution in [2.75, 3.05) is 0 Å². The first-order valence-corrected chi connectivity index (χ1v) is 5.39. The number of fused-ring (bicyclic) bond motifs is 1. The summed E-state index contributed by atoms with van der Waals surface area (Å²) in [4.78, 5) is 4.38. The highest BCUT2D eigenvalue weighted by molar-refractivity contribution is 5.20. The van der Waals surface area contributed by atoms with Gasteiger partial charge < -0.3 is 0 Å². The zero-order valence-electron chi connectivity index (χ0n) is 8.71. The lowest BCUT2D eigenvalue weighted by atomic mass is 10.1. The Morgan fingerprint density at radius 3 is 2.69 bits per heavy atom. The van der Waals surface area contributed by atoms with E-state index in [0.29, 0.717) is 0 Å². The SMILES string of the molecule is CC.c1cnc2c(c1)CCCCC2. The van der Waals surface area contributed by atoms with E-state index >= 15 is 0 Å². The van der Waals surface area contributed by atoms with E-state index in [-0.39, 0.29) is 0 Å². The molecule has 1 heteroatoms. The molecule has 1 heterocycles. The van der Waals surface area contributed by atoms with Gasteiger partial charge in [0, 0.05) is 11.9 Å². The smallest absolute Gasteiger partial charge is 0.0435 e. The molecule has 0 N–H and O–H groups in total. The normalized spacial score (nSPS) is 14.9. The van der Waals surface area contributed by atoms with E-state index in [1.165, 1.54) is 43.4 Å². The molecule has 0 saturated heterocycles. The van der Waals surface area contributed by atoms with Crippen molar-refractivity contribution in [3.8, 4) is 0 Å². The van der Waals surface area contributed by atoms with Crippen LogP contribution < -0.4 is 0 Å². The Balaban J connectivity index is 0.000000396. The summed E-state index contributed by atoms with van der Waals surface area (Å²) < 4.78 is 0. The number of aromatic nitrogens is 1. The fraction of sp³-hybridized carbons (Fsp3) is 0.583. The molecule has 0 fully saturated rings. The van der Waals surface area contributed by atoms with Crippen molar-refractivity contribution in [2.24, 2.45) is 0 Å². The van der Waals surface area contributed by atoms with E-state index in [2.05, 4.69) is 11.1 Å². The Morgan fingerprint density at radius 2 is 1.85 bits per heavy atom. The van der Waals surface area contributed by atoms with Gasteiger partial charge in [-0.3, -0.25) is 4.98 Å². The molecule has 72 valence electrons. The monoisotopic (exact) mass is 177 g/mol. The Kier molecular flexibility index (Phi) is 4.52. The van der Waals surface area contributed by atoms with Crippen molar-refractivity contribution in [3.05, 3.63) is 29.6 Å². The van der Waals surface area contributed by atoms with Crippen LogP contribution in [0.4, 0.5) is 0 Å². The third-order valence-electron chi connectivity index (χ3n) is 2.34. The van der Waals surface area contributed by atoms with Gasteiger partial charge in [-0.1, -0.05) is 26.3 Å². The molecule has 0 spiro atoms. The first-order chi connectivity index (χ1) is 6.47. The zero-order chi connectivity index (χ0) is 9.52. The predicted octanol–water partition coefficient (Wildman–Crippen LogP) is 3.38. The van der Waals surface area contributed by atoms with E-state index in [4.69, 9.17) is 0 Å². The van der Waals surface area contributed by atoms with Crippen LogP contribution in [0.15, 0.2) is 18.3 Å². The van der Waals surface area contributed by atoms with E-state index in [0.717, 1.165) is 0 Å². The molecule has 13 heavy (non-hydrogen) atoms. The highest BCUT2D eigenvalue weighted by Gasteiger charge is 2.06. The molecule has 2 rings (SSSR count). The summed E-state index contributed by atoms with van der Waals surface area (Å²) in [5, 5.41) is 0. The maximum atomic E-state index is 4.38. The standard InChI is InChI=1S/C10H13N.C2H6/c1-2-5-9-6-4-8-11-10(9)7-3-1;1-2/h4,6,8H,1-3,5,7H2;1-2H3. The quantitative estimate of drug-likeness (QED) is 0.554. The molecule has 0 aliphatic heterocycles. The third-order valence-corrected chi connectivity index (χ3v) is 2.34. The number of rotatable bonds is 0. The molecule has 1 aromatic rings. The summed E-state index contributed by atoms with van der Waals surface area (Å²) in [7, 11) is 0. The maximum absolute atomic E-state index is 4.38. The van der Waals surface area contributed by atoms with Gasteiger partial charge in [0.15, 0.2) is 0 Å². The molecule has 0 aromatic carbocycles. The molecule has 0 amide bonds. The average Bonchev–Trinajstić information content (AvgIpc) is 2.45. The summed E-state index contributed by atoms with van der Waals surface area (Å²) >= 11 is 0. The molecule has 0 unspecified atom stereocenters. The highest BCUT2D eigenvalue weighted by atomic mass is 14.7. The highest BCUT2D eigenvalue weighted by Crippen LogP contribution is 2.17. The fourth-order valence-corrected chi connectivity index (χ4v) is 1.71. The van der Waals surface area contributed by atoms with Gasteiger partial charge in [0.1, 0.15) is 0 Å². The van der Waals surface area contributed by atoms with Gasteiger partial charge in [-0.25, -0.2) is 0 Å². The van der Waals surface area contributed by atoms with Gasteiger partial charge in [0.25, 0.3) is 0 Å². The van der Waals surface area contributed by atoms with Crippen LogP contribution in [0.5, 0.6) is 0 Å². The Bertz CT molecular complexity index is 218. The van der Waals surface area contributed by atoms with Crippen LogP contribution in [-0.4, -0.2) is 4.98 Å². The van der Waals surface area contributed by atoms with Crippen LogP contribution in [0, 0.1) is 0 Å². The summed E-state index contributed by atoms with van der Waals surface area (Å²) in [5.74, 6) is 0. The molecule has 1 aliphatic carbocycles. The Morgan fingerprint density at radius 1 is 1.08 bits per heavy atom. The molecule has 0 saturated carbocycles. The molecular formula is C12H19N. The number of hydrogen-bond acceptors (Lipinski definition) is 1. The van der Waals surface area contributed by atoms with Gasteiger partial charge in [-0.15, -0.1) is 0 Å². The van der Waals surface area contributed by atoms with Gasteiger partial charge in [-0.05, 0) is 37.3 Å². The van der Waals surface area contributed by atoms with Crippen LogP contribution in [0.1, 0.15) is 44.4 Å². The van der Waals surface area contributed by atoms with Gasteiger partial charge in [-0.2, -0.15) is 0 Å². The van der Waals surface area contributed by atoms with Crippen LogP contribution in [-0.2, 0) is 12.8 Å². The van der Waals surface area contributed by atoms with Crippen molar-refractivity contribution in [3.63, 3.8) is 0 Å². The lowest BCUT2D eigenvalue weighted by Crippen LogP contribution is -1.92. The number of nitrogens with zero attached hydrogens (tertiary/aromatic N) is 1. The minimum absolute atomic E-state index is 1.19. The van der Waals surface area contributed by atoms with Crippen LogP contribution in [0.3, 0.4) is 0 Å². The molecule has 0 bridgehead atoms. The predicted molar refractivity (Wildman–Crippen MR) is 56.8 cm³/mol. The van der Waals surface area contributed by atoms with Crippen LogP contribution in [0.2, 0.25) is 0 Å². The number of hydrogen-bond donors (Lipinski definition) is 0. The van der Waals surface area contributed by atoms with Crippen LogP contribution >= 0.6 is 0 Å². The van der Waals surface area contributed by atoms with Crippen molar-refractivity contribution in [1.29, 1.82) is 0 Å². The summed E-state index contributed by atoms with van der Waals surface area (Å²) in [6, 6.07) is 4.26. The second-order valence-electron chi connectivity index (χ2n) is 3.17. The second kappa shape index (κ2) is 5.74. The molecular weight excluding hydrogens is 158 g/mol. The summed E-state index contributed by atoms with van der Waals surface area (Å²) in [6.45, 7) is 4.00. The van der Waals surface area contributed by atoms with E-state index < -0.39 is 0 Å². The van der Waals surface area contributed by atoms with Gasteiger partial charge in [0.05, 0.1) is 0 Å². The average molecular weight is 177 g/mol. The van der Waals surface area contributed by atoms with Crippen molar-refractivity contribution < 1.29 is 0 Å². The van der Waals surface area contributed by atoms with E-state index in [1.807, 2.05) is 26.1 Å². The van der Waals surface area contributed by atoms with Crippen molar-refractivity contribution in [1.82, 2.24) is 4.98 Å². The van der Waals surface area contributed by atoms with E-state index in [9.17, 15) is 0 Å². The summed E-state index contributed by atoms with van der Waals surface area (Å²) in [6.07, 6.45) is 8.38. The zero-order valence-corrected chi connectivity index (χ0v) is 8.71. The Labute approximate surface area is 81.2 Å². The lowest BCUT2D eigenvalue weighted by molar-refractivity contribution is 0.708. The molecule has 1 aliphatic rings. The van der Waals surface area contributed by atoms with Crippen molar-refractivity contribution in [2.45, 2.75) is 46.0 Å². The summed E-state index contributed by atoms with van der Waals surface area (Å²) in [5.41, 5.74) is 2.81. The largest absolute Gasteiger partial charge is 0.261 e. The maximum Gasteiger partial charge on any atom is 0.0435 e. The van der Waals surface area contributed by atoms with Crippen molar-refractivity contribution >= 4 is 0 Å². The van der Waals surface area contributed by atoms with Crippen LogP contribution in [0.25, 0.3) is 0 Å². The minimum atomic E-state index is 1.19. The first-order valence-electron chi connectivity index (χ1n) is 5.39. The van der Waals surface area contributed by atoms with Gasteiger partial charge in [0.2, 0.25) is 0 Å². The third kappa shape index (κ3) is 2.83. The molecule has 0 radical (unpaired) electrons.